The summed E-state index contributed by atoms with van der Waals surface area (Å²) in [6.07, 6.45) is 0. The van der Waals surface area contributed by atoms with E-state index < -0.39 is 0 Å². The highest BCUT2D eigenvalue weighted by molar-refractivity contribution is 5.90. The van der Waals surface area contributed by atoms with Crippen molar-refractivity contribution in [2.45, 2.75) is 20.8 Å². The maximum atomic E-state index is 11.7. The van der Waals surface area contributed by atoms with E-state index in [2.05, 4.69) is 15.5 Å². The van der Waals surface area contributed by atoms with Crippen LogP contribution in [0.4, 0.5) is 6.01 Å². The second-order valence-electron chi connectivity index (χ2n) is 3.72. The number of rotatable bonds is 4. The van der Waals surface area contributed by atoms with Crippen molar-refractivity contribution in [3.63, 3.8) is 0 Å². The van der Waals surface area contributed by atoms with Gasteiger partial charge in [0.2, 0.25) is 5.91 Å². The third-order valence-corrected chi connectivity index (χ3v) is 2.15. The standard InChI is InChI=1S/C9H16N4O2/c1-5(2)7(4-10)8(14)12-9-11-6(3)13-15-9/h5,7H,4,10H2,1-3H3,(H,11,12,13,14). The van der Waals surface area contributed by atoms with E-state index >= 15 is 0 Å². The first-order valence-corrected chi connectivity index (χ1v) is 4.85. The van der Waals surface area contributed by atoms with Gasteiger partial charge in [0.25, 0.3) is 0 Å². The van der Waals surface area contributed by atoms with Gasteiger partial charge < -0.3 is 10.3 Å². The number of nitrogens with one attached hydrogen (secondary N) is 1. The van der Waals surface area contributed by atoms with Crippen LogP contribution in [0.5, 0.6) is 0 Å². The van der Waals surface area contributed by atoms with E-state index in [1.54, 1.807) is 6.92 Å². The topological polar surface area (TPSA) is 94.0 Å². The van der Waals surface area contributed by atoms with Crippen LogP contribution in [0, 0.1) is 18.8 Å². The van der Waals surface area contributed by atoms with E-state index in [4.69, 9.17) is 10.3 Å². The Morgan fingerprint density at radius 1 is 1.60 bits per heavy atom. The van der Waals surface area contributed by atoms with Gasteiger partial charge in [-0.1, -0.05) is 19.0 Å². The van der Waals surface area contributed by atoms with Crippen LogP contribution in [-0.4, -0.2) is 22.6 Å². The molecule has 1 heterocycles. The zero-order valence-electron chi connectivity index (χ0n) is 9.15. The van der Waals surface area contributed by atoms with Crippen molar-refractivity contribution in [3.8, 4) is 0 Å². The summed E-state index contributed by atoms with van der Waals surface area (Å²) < 4.78 is 4.78. The molecule has 1 amide bonds. The number of amides is 1. The highest BCUT2D eigenvalue weighted by Gasteiger charge is 2.21. The molecule has 1 aromatic heterocycles. The molecule has 0 saturated carbocycles. The lowest BCUT2D eigenvalue weighted by atomic mass is 9.95. The molecule has 0 aromatic carbocycles. The van der Waals surface area contributed by atoms with Crippen molar-refractivity contribution in [2.75, 3.05) is 11.9 Å². The van der Waals surface area contributed by atoms with Crippen LogP contribution < -0.4 is 11.1 Å². The highest BCUT2D eigenvalue weighted by Crippen LogP contribution is 2.12. The molecule has 0 radical (unpaired) electrons. The van der Waals surface area contributed by atoms with Crippen LogP contribution in [0.25, 0.3) is 0 Å². The fourth-order valence-corrected chi connectivity index (χ4v) is 1.23. The first kappa shape index (κ1) is 11.6. The Morgan fingerprint density at radius 3 is 2.67 bits per heavy atom. The molecule has 0 spiro atoms. The van der Waals surface area contributed by atoms with Gasteiger partial charge >= 0.3 is 6.01 Å². The number of hydrogen-bond acceptors (Lipinski definition) is 5. The smallest absolute Gasteiger partial charge is 0.328 e. The van der Waals surface area contributed by atoms with Gasteiger partial charge in [0.15, 0.2) is 5.82 Å². The molecular weight excluding hydrogens is 196 g/mol. The van der Waals surface area contributed by atoms with Gasteiger partial charge in [-0.05, 0) is 12.8 Å². The Labute approximate surface area is 88.2 Å². The molecule has 0 fully saturated rings. The van der Waals surface area contributed by atoms with Crippen LogP contribution in [0.1, 0.15) is 19.7 Å². The molecule has 6 heteroatoms. The number of hydrogen-bond donors (Lipinski definition) is 2. The van der Waals surface area contributed by atoms with Crippen LogP contribution in [0.3, 0.4) is 0 Å². The number of anilines is 1. The zero-order valence-corrected chi connectivity index (χ0v) is 9.15. The van der Waals surface area contributed by atoms with Crippen molar-refractivity contribution in [1.82, 2.24) is 10.1 Å². The van der Waals surface area contributed by atoms with Crippen LogP contribution >= 0.6 is 0 Å². The van der Waals surface area contributed by atoms with E-state index in [-0.39, 0.29) is 23.8 Å². The summed E-state index contributed by atoms with van der Waals surface area (Å²) >= 11 is 0. The van der Waals surface area contributed by atoms with Crippen molar-refractivity contribution in [3.05, 3.63) is 5.82 Å². The molecule has 1 unspecified atom stereocenters. The largest absolute Gasteiger partial charge is 0.330 e. The fourth-order valence-electron chi connectivity index (χ4n) is 1.23. The molecule has 0 aliphatic rings. The quantitative estimate of drug-likeness (QED) is 0.760. The minimum Gasteiger partial charge on any atom is -0.330 e. The molecule has 1 aromatic rings. The van der Waals surface area contributed by atoms with Crippen molar-refractivity contribution in [1.29, 1.82) is 0 Å². The van der Waals surface area contributed by atoms with Gasteiger partial charge in [-0.3, -0.25) is 10.1 Å². The van der Waals surface area contributed by atoms with E-state index in [9.17, 15) is 4.79 Å². The third-order valence-electron chi connectivity index (χ3n) is 2.15. The van der Waals surface area contributed by atoms with Gasteiger partial charge in [-0.25, -0.2) is 0 Å². The predicted molar refractivity (Wildman–Crippen MR) is 55.0 cm³/mol. The molecule has 3 N–H and O–H groups in total. The Bertz CT molecular complexity index is 335. The molecule has 0 aliphatic heterocycles. The molecule has 1 rings (SSSR count). The summed E-state index contributed by atoms with van der Waals surface area (Å²) in [5.41, 5.74) is 5.51. The number of nitrogens with zero attached hydrogens (tertiary/aromatic N) is 2. The lowest BCUT2D eigenvalue weighted by molar-refractivity contribution is -0.120. The Kier molecular flexibility index (Phi) is 3.79. The van der Waals surface area contributed by atoms with Crippen molar-refractivity contribution < 1.29 is 9.32 Å². The Morgan fingerprint density at radius 2 is 2.27 bits per heavy atom. The SMILES string of the molecule is Cc1noc(NC(=O)C(CN)C(C)C)n1. The maximum absolute atomic E-state index is 11.7. The summed E-state index contributed by atoms with van der Waals surface area (Å²) in [4.78, 5) is 15.6. The molecule has 6 nitrogen and oxygen atoms in total. The van der Waals surface area contributed by atoms with Gasteiger partial charge in [0, 0.05) is 6.54 Å². The fraction of sp³-hybridized carbons (Fsp3) is 0.667. The average molecular weight is 212 g/mol. The van der Waals surface area contributed by atoms with Gasteiger partial charge in [-0.2, -0.15) is 4.98 Å². The molecule has 0 aliphatic carbocycles. The molecule has 0 saturated heterocycles. The van der Waals surface area contributed by atoms with E-state index in [0.717, 1.165) is 0 Å². The maximum Gasteiger partial charge on any atom is 0.328 e. The number of nitrogens with two attached hydrogens (primary N) is 1. The molecule has 0 bridgehead atoms. The predicted octanol–water partition coefficient (Wildman–Crippen LogP) is 0.547. The summed E-state index contributed by atoms with van der Waals surface area (Å²) in [5, 5.41) is 6.10. The number of aryl methyl sites for hydroxylation is 1. The molecule has 84 valence electrons. The van der Waals surface area contributed by atoms with Crippen LogP contribution in [0.2, 0.25) is 0 Å². The van der Waals surface area contributed by atoms with E-state index in [1.165, 1.54) is 0 Å². The minimum atomic E-state index is -0.239. The molecule has 1 atom stereocenters. The minimum absolute atomic E-state index is 0.122. The van der Waals surface area contributed by atoms with Gasteiger partial charge in [0.05, 0.1) is 5.92 Å². The monoisotopic (exact) mass is 212 g/mol. The second kappa shape index (κ2) is 4.88. The third kappa shape index (κ3) is 3.02. The average Bonchev–Trinajstić information content (AvgIpc) is 2.51. The lowest BCUT2D eigenvalue weighted by Gasteiger charge is -2.16. The van der Waals surface area contributed by atoms with E-state index in [1.807, 2.05) is 13.8 Å². The number of aromatic nitrogens is 2. The van der Waals surface area contributed by atoms with Crippen molar-refractivity contribution >= 4 is 11.9 Å². The lowest BCUT2D eigenvalue weighted by Crippen LogP contribution is -2.33. The first-order chi connectivity index (χ1) is 7.04. The normalized spacial score (nSPS) is 12.9. The van der Waals surface area contributed by atoms with Crippen LogP contribution in [-0.2, 0) is 4.79 Å². The van der Waals surface area contributed by atoms with Gasteiger partial charge in [0.1, 0.15) is 0 Å². The number of carbonyl (C=O) groups is 1. The summed E-state index contributed by atoms with van der Waals surface area (Å²) in [6, 6.07) is 0.122. The second-order valence-corrected chi connectivity index (χ2v) is 3.72. The summed E-state index contributed by atoms with van der Waals surface area (Å²) in [6.45, 7) is 5.87. The highest BCUT2D eigenvalue weighted by atomic mass is 16.5. The summed E-state index contributed by atoms with van der Waals surface area (Å²) in [5.74, 6) is 0.242. The number of carbonyl (C=O) groups excluding carboxylic acids is 1. The van der Waals surface area contributed by atoms with Crippen LogP contribution in [0.15, 0.2) is 4.52 Å². The van der Waals surface area contributed by atoms with Gasteiger partial charge in [-0.15, -0.1) is 0 Å². The molecule has 15 heavy (non-hydrogen) atoms. The zero-order chi connectivity index (χ0) is 11.4. The van der Waals surface area contributed by atoms with E-state index in [0.29, 0.717) is 12.4 Å². The Hall–Kier alpha value is -1.43. The first-order valence-electron chi connectivity index (χ1n) is 4.85. The Balaban J connectivity index is 2.62. The van der Waals surface area contributed by atoms with Crippen molar-refractivity contribution in [2.24, 2.45) is 17.6 Å². The molecular formula is C9H16N4O2. The summed E-state index contributed by atoms with van der Waals surface area (Å²) in [7, 11) is 0.